The van der Waals surface area contributed by atoms with Crippen LogP contribution in [0.2, 0.25) is 0 Å². The van der Waals surface area contributed by atoms with Gasteiger partial charge in [0.2, 0.25) is 23.5 Å². The van der Waals surface area contributed by atoms with Gasteiger partial charge >= 0.3 is 0 Å². The smallest absolute Gasteiger partial charge is 0.292 e. The summed E-state index contributed by atoms with van der Waals surface area (Å²) in [6.45, 7) is 2.67. The minimum absolute atomic E-state index is 0.0727. The number of aliphatic carboxylic acids is 1. The zero-order valence-electron chi connectivity index (χ0n) is 19.7. The van der Waals surface area contributed by atoms with E-state index < -0.39 is 23.3 Å². The van der Waals surface area contributed by atoms with E-state index in [1.54, 1.807) is 40.9 Å². The van der Waals surface area contributed by atoms with Crippen LogP contribution in [0.15, 0.2) is 47.4 Å². The molecule has 12 nitrogen and oxygen atoms in total. The largest absolute Gasteiger partial charge is 0.543 e. The third-order valence-electron chi connectivity index (χ3n) is 6.19. The molecule has 3 amide bonds. The Balaban J connectivity index is 1.26. The van der Waals surface area contributed by atoms with Crippen LogP contribution in [0.1, 0.15) is 17.0 Å². The quantitative estimate of drug-likeness (QED) is 0.246. The third-order valence-corrected chi connectivity index (χ3v) is 8.26. The fourth-order valence-corrected chi connectivity index (χ4v) is 6.32. The van der Waals surface area contributed by atoms with Gasteiger partial charge in [-0.2, -0.15) is 4.57 Å². The molecule has 2 fully saturated rings. The first-order valence-electron chi connectivity index (χ1n) is 11.4. The molecule has 0 saturated carbocycles. The van der Waals surface area contributed by atoms with E-state index in [1.165, 1.54) is 23.1 Å². The summed E-state index contributed by atoms with van der Waals surface area (Å²) in [5, 5.41) is 23.0. The molecule has 3 aliphatic heterocycles. The second-order valence-electron chi connectivity index (χ2n) is 8.80. The maximum Gasteiger partial charge on any atom is 0.292 e. The number of β-lactam (4-membered cyclic amide) rings is 1. The molecule has 0 bridgehead atoms. The van der Waals surface area contributed by atoms with Crippen molar-refractivity contribution in [1.82, 2.24) is 20.0 Å². The number of hydrogen-bond donors (Lipinski definition) is 2. The van der Waals surface area contributed by atoms with Crippen molar-refractivity contribution >= 4 is 51.9 Å². The molecule has 2 aromatic rings. The van der Waals surface area contributed by atoms with Crippen LogP contribution in [-0.2, 0) is 32.3 Å². The number of amides is 3. The Bertz CT molecular complexity index is 1370. The van der Waals surface area contributed by atoms with Gasteiger partial charge in [-0.3, -0.25) is 24.6 Å². The Hall–Kier alpha value is -3.62. The normalized spacial score (nSPS) is 22.4. The Morgan fingerprint density at radius 3 is 2.89 bits per heavy atom. The lowest BCUT2D eigenvalue weighted by atomic mass is 10.0. The topological polar surface area (TPSA) is 166 Å². The average Bonchev–Trinajstić information content (AvgIpc) is 3.43. The van der Waals surface area contributed by atoms with E-state index in [2.05, 4.69) is 15.5 Å². The number of nitrogens with two attached hydrogens (primary N) is 1. The molecule has 2 atom stereocenters. The number of anilines is 1. The van der Waals surface area contributed by atoms with Crippen molar-refractivity contribution in [3.63, 3.8) is 0 Å². The van der Waals surface area contributed by atoms with Crippen LogP contribution < -0.4 is 20.7 Å². The molecule has 2 aromatic heterocycles. The SMILES string of the molecule is Cc1nnc(NC(=O)C[n+]2cccc(CN3CC/C(=C\C4=C(C(=O)[O-])N5C(=O)[C@@H](N)[C@H]5SC4)C3=O)c2)s1. The van der Waals surface area contributed by atoms with Crippen LogP contribution in [0.4, 0.5) is 5.13 Å². The van der Waals surface area contributed by atoms with Crippen molar-refractivity contribution < 1.29 is 28.9 Å². The maximum atomic E-state index is 13.1. The Morgan fingerprint density at radius 1 is 1.35 bits per heavy atom. The highest BCUT2D eigenvalue weighted by atomic mass is 32.2. The second kappa shape index (κ2) is 10.0. The predicted molar refractivity (Wildman–Crippen MR) is 131 cm³/mol. The van der Waals surface area contributed by atoms with E-state index in [9.17, 15) is 24.3 Å². The number of carboxylic acid groups (broad SMARTS) is 1. The van der Waals surface area contributed by atoms with Gasteiger partial charge in [0.05, 0.1) is 18.2 Å². The summed E-state index contributed by atoms with van der Waals surface area (Å²) in [7, 11) is 0. The van der Waals surface area contributed by atoms with Gasteiger partial charge < -0.3 is 20.5 Å². The van der Waals surface area contributed by atoms with Gasteiger partial charge in [-0.05, 0) is 31.1 Å². The molecule has 3 aliphatic rings. The molecule has 3 N–H and O–H groups in total. The molecule has 5 heterocycles. The number of carbonyl (C=O) groups is 4. The molecular weight excluding hydrogens is 518 g/mol. The Kier molecular flexibility index (Phi) is 6.79. The molecule has 5 rings (SSSR count). The predicted octanol–water partition coefficient (Wildman–Crippen LogP) is -1.32. The molecule has 0 radical (unpaired) electrons. The van der Waals surface area contributed by atoms with Crippen LogP contribution in [0.25, 0.3) is 0 Å². The number of carbonyl (C=O) groups excluding carboxylic acids is 4. The van der Waals surface area contributed by atoms with E-state index in [4.69, 9.17) is 5.73 Å². The summed E-state index contributed by atoms with van der Waals surface area (Å²) >= 11 is 2.66. The number of nitrogens with zero attached hydrogens (tertiary/aromatic N) is 5. The summed E-state index contributed by atoms with van der Waals surface area (Å²) in [6.07, 6.45) is 5.57. The van der Waals surface area contributed by atoms with E-state index in [-0.39, 0.29) is 24.1 Å². The highest BCUT2D eigenvalue weighted by Gasteiger charge is 2.50. The molecule has 0 spiro atoms. The first-order valence-corrected chi connectivity index (χ1v) is 13.3. The average molecular weight is 542 g/mol. The molecule has 0 aromatic carbocycles. The van der Waals surface area contributed by atoms with E-state index in [0.717, 1.165) is 15.5 Å². The molecule has 192 valence electrons. The molecule has 14 heteroatoms. The van der Waals surface area contributed by atoms with Gasteiger partial charge in [0, 0.05) is 29.5 Å². The van der Waals surface area contributed by atoms with Crippen molar-refractivity contribution in [3.05, 3.63) is 58.0 Å². The zero-order valence-corrected chi connectivity index (χ0v) is 21.4. The number of aromatic nitrogens is 3. The van der Waals surface area contributed by atoms with Gasteiger partial charge in [0.25, 0.3) is 5.91 Å². The minimum Gasteiger partial charge on any atom is -0.543 e. The van der Waals surface area contributed by atoms with E-state index in [0.29, 0.717) is 41.5 Å². The van der Waals surface area contributed by atoms with Gasteiger partial charge in [-0.1, -0.05) is 11.3 Å². The summed E-state index contributed by atoms with van der Waals surface area (Å²) in [6, 6.07) is 2.94. The van der Waals surface area contributed by atoms with Crippen molar-refractivity contribution in [3.8, 4) is 0 Å². The number of pyridine rings is 1. The van der Waals surface area contributed by atoms with Crippen LogP contribution in [0, 0.1) is 6.92 Å². The number of fused-ring (bicyclic) bond motifs is 1. The zero-order chi connectivity index (χ0) is 26.3. The third kappa shape index (κ3) is 4.99. The van der Waals surface area contributed by atoms with E-state index >= 15 is 0 Å². The van der Waals surface area contributed by atoms with Crippen LogP contribution in [-0.4, -0.2) is 67.4 Å². The van der Waals surface area contributed by atoms with Gasteiger partial charge in [0.15, 0.2) is 12.4 Å². The standard InChI is InChI=1S/C23H23N7O5S2/c1-12-26-27-23(37-12)25-16(31)10-28-5-2-3-13(8-28)9-29-6-4-14(19(29)32)7-15-11-36-21-17(24)20(33)30(21)18(15)22(34)35/h2-3,5,7-8,17,21H,4,6,9-11,24H2,1H3,(H-,25,27,31,34,35)/b14-7+/t17-,21-/m1/s1. The first-order chi connectivity index (χ1) is 17.7. The fourth-order valence-electron chi connectivity index (χ4n) is 4.46. The number of carboxylic acids is 1. The highest BCUT2D eigenvalue weighted by molar-refractivity contribution is 8.00. The molecule has 37 heavy (non-hydrogen) atoms. The first kappa shape index (κ1) is 25.0. The number of hydrogen-bond acceptors (Lipinski definition) is 10. The van der Waals surface area contributed by atoms with Crippen molar-refractivity contribution in [1.29, 1.82) is 0 Å². The van der Waals surface area contributed by atoms with Crippen molar-refractivity contribution in [2.75, 3.05) is 17.6 Å². The number of likely N-dealkylation sites (tertiary alicyclic amines) is 1. The number of allylic oxidation sites excluding steroid dienone is 1. The van der Waals surface area contributed by atoms with Crippen molar-refractivity contribution in [2.24, 2.45) is 5.73 Å². The molecule has 0 unspecified atom stereocenters. The maximum absolute atomic E-state index is 13.1. The van der Waals surface area contributed by atoms with Crippen LogP contribution in [0.3, 0.4) is 0 Å². The van der Waals surface area contributed by atoms with Crippen LogP contribution in [0.5, 0.6) is 0 Å². The lowest BCUT2D eigenvalue weighted by Gasteiger charge is -2.49. The van der Waals surface area contributed by atoms with Crippen molar-refractivity contribution in [2.45, 2.75) is 37.8 Å². The summed E-state index contributed by atoms with van der Waals surface area (Å²) in [5.41, 5.74) is 7.26. The number of thioether (sulfide) groups is 1. The monoisotopic (exact) mass is 541 g/mol. The second-order valence-corrected chi connectivity index (χ2v) is 11.1. The number of nitrogens with one attached hydrogen (secondary N) is 1. The summed E-state index contributed by atoms with van der Waals surface area (Å²) < 4.78 is 1.72. The van der Waals surface area contributed by atoms with Gasteiger partial charge in [-0.25, -0.2) is 0 Å². The Morgan fingerprint density at radius 2 is 2.16 bits per heavy atom. The molecule has 0 aliphatic carbocycles. The summed E-state index contributed by atoms with van der Waals surface area (Å²) in [4.78, 5) is 52.2. The van der Waals surface area contributed by atoms with Gasteiger partial charge in [-0.15, -0.1) is 22.0 Å². The molecule has 2 saturated heterocycles. The van der Waals surface area contributed by atoms with E-state index in [1.807, 2.05) is 6.07 Å². The minimum atomic E-state index is -1.46. The fraction of sp³-hybridized carbons (Fsp3) is 0.348. The lowest BCUT2D eigenvalue weighted by Crippen LogP contribution is -2.69. The Labute approximate surface area is 219 Å². The van der Waals surface area contributed by atoms with Gasteiger partial charge in [0.1, 0.15) is 16.4 Å². The lowest BCUT2D eigenvalue weighted by molar-refractivity contribution is -0.684. The highest BCUT2D eigenvalue weighted by Crippen LogP contribution is 2.40. The summed E-state index contributed by atoms with van der Waals surface area (Å²) in [5.74, 6) is -2.05. The van der Waals surface area contributed by atoms with Crippen LogP contribution >= 0.6 is 23.1 Å². The number of aryl methyl sites for hydroxylation is 1. The molecular formula is C23H23N7O5S2. The number of rotatable bonds is 7.